The zero-order valence-electron chi connectivity index (χ0n) is 37.1. The lowest BCUT2D eigenvalue weighted by Crippen LogP contribution is -2.53. The van der Waals surface area contributed by atoms with Gasteiger partial charge < -0.3 is 25.7 Å². The van der Waals surface area contributed by atoms with Gasteiger partial charge >= 0.3 is 0 Å². The molecule has 0 aliphatic rings. The van der Waals surface area contributed by atoms with Crippen LogP contribution in [0.3, 0.4) is 0 Å². The number of rotatable bonds is 44. The average molecular weight is 790 g/mol. The van der Waals surface area contributed by atoms with Crippen molar-refractivity contribution in [2.45, 2.75) is 269 Å². The molecule has 0 aromatic carbocycles. The molecule has 0 aliphatic heterocycles. The van der Waals surface area contributed by atoms with Crippen LogP contribution in [0, 0.1) is 0 Å². The van der Waals surface area contributed by atoms with Crippen LogP contribution in [0.2, 0.25) is 0 Å². The molecule has 0 saturated heterocycles. The first kappa shape index (κ1) is 54.5. The van der Waals surface area contributed by atoms with Crippen LogP contribution in [0.5, 0.6) is 0 Å². The normalized spacial score (nSPS) is 14.3. The van der Waals surface area contributed by atoms with Crippen molar-refractivity contribution in [2.75, 3.05) is 6.61 Å². The summed E-state index contributed by atoms with van der Waals surface area (Å²) in [5, 5.41) is 43.7. The number of carbonyl (C=O) groups excluding carboxylic acids is 1. The molecule has 56 heavy (non-hydrogen) atoms. The second kappa shape index (κ2) is 44.6. The van der Waals surface area contributed by atoms with E-state index in [1.165, 1.54) is 161 Å². The minimum absolute atomic E-state index is 0.361. The molecule has 4 atom stereocenters. The molecule has 0 heterocycles. The van der Waals surface area contributed by atoms with Crippen molar-refractivity contribution in [1.29, 1.82) is 0 Å². The molecule has 6 nitrogen and oxygen atoms in total. The molecule has 0 radical (unpaired) electrons. The summed E-state index contributed by atoms with van der Waals surface area (Å²) >= 11 is 0. The lowest BCUT2D eigenvalue weighted by atomic mass is 10.00. The Balaban J connectivity index is 3.77. The Labute approximate surface area is 347 Å². The van der Waals surface area contributed by atoms with Crippen LogP contribution < -0.4 is 5.32 Å². The minimum Gasteiger partial charge on any atom is -0.394 e. The zero-order chi connectivity index (χ0) is 41.0. The fraction of sp³-hybridized carbons (Fsp3) is 0.860. The minimum atomic E-state index is -1.29. The third kappa shape index (κ3) is 38.1. The van der Waals surface area contributed by atoms with Gasteiger partial charge in [0.15, 0.2) is 0 Å². The van der Waals surface area contributed by atoms with Crippen molar-refractivity contribution >= 4 is 5.91 Å². The maximum Gasteiger partial charge on any atom is 0.249 e. The Morgan fingerprint density at radius 1 is 0.429 bits per heavy atom. The number of amides is 1. The van der Waals surface area contributed by atoms with E-state index in [2.05, 4.69) is 55.6 Å². The van der Waals surface area contributed by atoms with Gasteiger partial charge in [-0.15, -0.1) is 0 Å². The molecule has 6 heteroatoms. The Morgan fingerprint density at radius 2 is 0.750 bits per heavy atom. The number of nitrogens with one attached hydrogen (secondary N) is 1. The fourth-order valence-electron chi connectivity index (χ4n) is 7.44. The maximum atomic E-state index is 12.5. The quantitative estimate of drug-likeness (QED) is 0.0312. The van der Waals surface area contributed by atoms with Crippen LogP contribution in [-0.2, 0) is 4.79 Å². The van der Waals surface area contributed by atoms with Crippen molar-refractivity contribution in [1.82, 2.24) is 5.32 Å². The van der Waals surface area contributed by atoms with Crippen molar-refractivity contribution in [3.63, 3.8) is 0 Å². The van der Waals surface area contributed by atoms with Crippen molar-refractivity contribution in [2.24, 2.45) is 0 Å². The molecule has 330 valence electrons. The van der Waals surface area contributed by atoms with Gasteiger partial charge in [-0.2, -0.15) is 0 Å². The van der Waals surface area contributed by atoms with Gasteiger partial charge in [-0.25, -0.2) is 0 Å². The van der Waals surface area contributed by atoms with E-state index >= 15 is 0 Å². The molecule has 0 aliphatic carbocycles. The van der Waals surface area contributed by atoms with Gasteiger partial charge in [-0.3, -0.25) is 4.79 Å². The van der Waals surface area contributed by atoms with E-state index in [0.29, 0.717) is 19.3 Å². The van der Waals surface area contributed by atoms with Gasteiger partial charge in [-0.1, -0.05) is 217 Å². The molecule has 0 rings (SSSR count). The monoisotopic (exact) mass is 790 g/mol. The molecule has 0 spiro atoms. The number of unbranched alkanes of at least 4 members (excludes halogenated alkanes) is 29. The summed E-state index contributed by atoms with van der Waals surface area (Å²) in [5.41, 5.74) is 0. The number of hydrogen-bond acceptors (Lipinski definition) is 5. The Hall–Kier alpha value is -1.47. The second-order valence-electron chi connectivity index (χ2n) is 16.8. The first-order valence-electron chi connectivity index (χ1n) is 24.4. The van der Waals surface area contributed by atoms with E-state index in [1.807, 2.05) is 0 Å². The van der Waals surface area contributed by atoms with Crippen molar-refractivity contribution in [3.05, 3.63) is 36.5 Å². The van der Waals surface area contributed by atoms with Gasteiger partial charge in [0.2, 0.25) is 5.91 Å². The van der Waals surface area contributed by atoms with E-state index in [9.17, 15) is 25.2 Å². The summed E-state index contributed by atoms with van der Waals surface area (Å²) in [6.07, 6.45) is 53.3. The Morgan fingerprint density at radius 3 is 1.12 bits per heavy atom. The lowest BCUT2D eigenvalue weighted by Gasteiger charge is -2.27. The standard InChI is InChI=1S/C50H95NO5/c1-3-5-7-9-11-13-15-17-19-20-21-22-23-24-25-26-27-28-30-31-33-35-37-39-41-43-47(53)49(55)46(45-52)51-50(56)48(54)44-42-40-38-36-34-32-29-18-16-14-12-10-8-6-4-2/h24-25,28,30,35,37,46-49,52-55H,3-23,26-27,29,31-34,36,38-45H2,1-2H3,(H,51,56)/b25-24+,30-28+,37-35+. The smallest absolute Gasteiger partial charge is 0.249 e. The predicted molar refractivity (Wildman–Crippen MR) is 242 cm³/mol. The highest BCUT2D eigenvalue weighted by Crippen LogP contribution is 2.16. The van der Waals surface area contributed by atoms with Gasteiger partial charge in [-0.05, 0) is 64.2 Å². The van der Waals surface area contributed by atoms with Crippen LogP contribution in [0.15, 0.2) is 36.5 Å². The molecule has 4 unspecified atom stereocenters. The third-order valence-corrected chi connectivity index (χ3v) is 11.3. The van der Waals surface area contributed by atoms with Crippen LogP contribution in [0.4, 0.5) is 0 Å². The largest absolute Gasteiger partial charge is 0.394 e. The highest BCUT2D eigenvalue weighted by Gasteiger charge is 2.28. The highest BCUT2D eigenvalue weighted by molar-refractivity contribution is 5.80. The van der Waals surface area contributed by atoms with Crippen LogP contribution in [0.25, 0.3) is 0 Å². The van der Waals surface area contributed by atoms with E-state index < -0.39 is 36.9 Å². The molecule has 5 N–H and O–H groups in total. The number of allylic oxidation sites excluding steroid dienone is 6. The van der Waals surface area contributed by atoms with E-state index in [1.54, 1.807) is 0 Å². The number of aliphatic hydroxyl groups excluding tert-OH is 4. The van der Waals surface area contributed by atoms with Gasteiger partial charge in [0.05, 0.1) is 18.8 Å². The number of carbonyl (C=O) groups is 1. The lowest BCUT2D eigenvalue weighted by molar-refractivity contribution is -0.132. The predicted octanol–water partition coefficient (Wildman–Crippen LogP) is 13.3. The van der Waals surface area contributed by atoms with Crippen molar-refractivity contribution < 1.29 is 25.2 Å². The topological polar surface area (TPSA) is 110 Å². The van der Waals surface area contributed by atoms with Crippen LogP contribution in [0.1, 0.15) is 245 Å². The van der Waals surface area contributed by atoms with E-state index in [-0.39, 0.29) is 0 Å². The Bertz CT molecular complexity index is 889. The highest BCUT2D eigenvalue weighted by atomic mass is 16.3. The molecule has 0 aromatic rings. The molecule has 1 amide bonds. The van der Waals surface area contributed by atoms with Gasteiger partial charge in [0.25, 0.3) is 0 Å². The summed E-state index contributed by atoms with van der Waals surface area (Å²) in [7, 11) is 0. The van der Waals surface area contributed by atoms with E-state index in [0.717, 1.165) is 51.4 Å². The molecule has 0 saturated carbocycles. The zero-order valence-corrected chi connectivity index (χ0v) is 37.1. The summed E-state index contributed by atoms with van der Waals surface area (Å²) in [4.78, 5) is 12.5. The summed E-state index contributed by atoms with van der Waals surface area (Å²) in [6.45, 7) is 4.04. The van der Waals surface area contributed by atoms with E-state index in [4.69, 9.17) is 0 Å². The van der Waals surface area contributed by atoms with Crippen LogP contribution in [-0.4, -0.2) is 57.3 Å². The third-order valence-electron chi connectivity index (χ3n) is 11.3. The summed E-state index contributed by atoms with van der Waals surface area (Å²) in [6, 6.07) is -1.01. The fourth-order valence-corrected chi connectivity index (χ4v) is 7.44. The summed E-state index contributed by atoms with van der Waals surface area (Å²) < 4.78 is 0. The molecular formula is C50H95NO5. The molecular weight excluding hydrogens is 695 g/mol. The first-order valence-corrected chi connectivity index (χ1v) is 24.4. The van der Waals surface area contributed by atoms with Crippen LogP contribution >= 0.6 is 0 Å². The number of aliphatic hydroxyl groups is 4. The second-order valence-corrected chi connectivity index (χ2v) is 16.8. The maximum absolute atomic E-state index is 12.5. The van der Waals surface area contributed by atoms with Gasteiger partial charge in [0.1, 0.15) is 12.2 Å². The first-order chi connectivity index (χ1) is 27.5. The summed E-state index contributed by atoms with van der Waals surface area (Å²) in [5.74, 6) is -0.598. The van der Waals surface area contributed by atoms with Gasteiger partial charge in [0, 0.05) is 0 Å². The molecule has 0 aromatic heterocycles. The molecule has 0 fully saturated rings. The molecule has 0 bridgehead atoms. The SMILES string of the molecule is CCCCCCCCCCCCCC/C=C/CC/C=C/CC/C=C/CCCC(O)C(O)C(CO)NC(=O)C(O)CCCCCCCCCCCCCCCCC. The van der Waals surface area contributed by atoms with Crippen molar-refractivity contribution in [3.8, 4) is 0 Å². The average Bonchev–Trinajstić information content (AvgIpc) is 3.20. The Kier molecular flexibility index (Phi) is 43.5. The number of hydrogen-bond donors (Lipinski definition) is 5.